The number of aryl methyl sites for hydroxylation is 1. The first-order valence-corrected chi connectivity index (χ1v) is 5.46. The average molecular weight is 231 g/mol. The second-order valence-electron chi connectivity index (χ2n) is 4.74. The Morgan fingerprint density at radius 3 is 2.00 bits per heavy atom. The van der Waals surface area contributed by atoms with Gasteiger partial charge in [0.2, 0.25) is 0 Å². The van der Waals surface area contributed by atoms with Gasteiger partial charge in [0.25, 0.3) is 0 Å². The van der Waals surface area contributed by atoms with Crippen LogP contribution >= 0.6 is 23.2 Å². The van der Waals surface area contributed by atoms with E-state index in [0.717, 1.165) is 26.7 Å². The lowest BCUT2D eigenvalue weighted by atomic mass is 9.85. The molecule has 0 heterocycles. The molecule has 0 saturated carbocycles. The fourth-order valence-electron chi connectivity index (χ4n) is 1.52. The molecule has 0 fully saturated rings. The summed E-state index contributed by atoms with van der Waals surface area (Å²) < 4.78 is 0. The summed E-state index contributed by atoms with van der Waals surface area (Å²) in [4.78, 5) is 0. The van der Waals surface area contributed by atoms with Gasteiger partial charge in [-0.25, -0.2) is 0 Å². The van der Waals surface area contributed by atoms with Gasteiger partial charge < -0.3 is 0 Å². The van der Waals surface area contributed by atoms with Crippen molar-refractivity contribution in [2.45, 2.75) is 40.0 Å². The van der Waals surface area contributed by atoms with Crippen molar-refractivity contribution in [1.29, 1.82) is 0 Å². The molecule has 0 amide bonds. The molecule has 0 aliphatic rings. The van der Waals surface area contributed by atoms with Crippen LogP contribution in [0.25, 0.3) is 0 Å². The Morgan fingerprint density at radius 2 is 1.57 bits per heavy atom. The highest BCUT2D eigenvalue weighted by Gasteiger charge is 2.22. The van der Waals surface area contributed by atoms with E-state index >= 15 is 0 Å². The molecule has 0 aliphatic heterocycles. The van der Waals surface area contributed by atoms with Gasteiger partial charge in [-0.15, -0.1) is 0 Å². The zero-order valence-corrected chi connectivity index (χ0v) is 10.8. The SMILES string of the molecule is Cc1cc(Cl)c(C(C)(C)C)c(Cl)c1C. The Labute approximate surface area is 96.2 Å². The van der Waals surface area contributed by atoms with Crippen LogP contribution in [0.1, 0.15) is 37.5 Å². The lowest BCUT2D eigenvalue weighted by Crippen LogP contribution is -2.13. The molecular weight excluding hydrogens is 215 g/mol. The maximum Gasteiger partial charge on any atom is 0.0490 e. The second kappa shape index (κ2) is 3.75. The molecule has 0 aliphatic carbocycles. The van der Waals surface area contributed by atoms with Crippen molar-refractivity contribution < 1.29 is 0 Å². The third-order valence-corrected chi connectivity index (χ3v) is 3.24. The Hall–Kier alpha value is -0.200. The van der Waals surface area contributed by atoms with E-state index < -0.39 is 0 Å². The molecule has 0 aromatic heterocycles. The van der Waals surface area contributed by atoms with Crippen LogP contribution in [0.3, 0.4) is 0 Å². The molecule has 0 bridgehead atoms. The van der Waals surface area contributed by atoms with E-state index in [-0.39, 0.29) is 5.41 Å². The minimum Gasteiger partial charge on any atom is -0.0840 e. The molecule has 0 N–H and O–H groups in total. The summed E-state index contributed by atoms with van der Waals surface area (Å²) in [6, 6.07) is 1.99. The van der Waals surface area contributed by atoms with Crippen LogP contribution < -0.4 is 0 Å². The lowest BCUT2D eigenvalue weighted by molar-refractivity contribution is 0.590. The molecule has 0 atom stereocenters. The summed E-state index contributed by atoms with van der Waals surface area (Å²) in [6.07, 6.45) is 0. The van der Waals surface area contributed by atoms with Crippen LogP contribution in [0, 0.1) is 13.8 Å². The molecule has 1 aromatic carbocycles. The lowest BCUT2D eigenvalue weighted by Gasteiger charge is -2.24. The minimum absolute atomic E-state index is 0.00731. The Morgan fingerprint density at radius 1 is 1.07 bits per heavy atom. The fourth-order valence-corrected chi connectivity index (χ4v) is 2.65. The summed E-state index contributed by atoms with van der Waals surface area (Å²) in [5.41, 5.74) is 3.31. The molecule has 2 heteroatoms. The molecular formula is C12H16Cl2. The topological polar surface area (TPSA) is 0 Å². The zero-order valence-electron chi connectivity index (χ0n) is 9.33. The molecule has 0 spiro atoms. The number of hydrogen-bond acceptors (Lipinski definition) is 0. The summed E-state index contributed by atoms with van der Waals surface area (Å²) in [7, 11) is 0. The van der Waals surface area contributed by atoms with Crippen LogP contribution in [0.5, 0.6) is 0 Å². The first-order valence-electron chi connectivity index (χ1n) is 4.71. The van der Waals surface area contributed by atoms with E-state index in [1.807, 2.05) is 19.9 Å². The van der Waals surface area contributed by atoms with Crippen molar-refractivity contribution in [3.63, 3.8) is 0 Å². The first kappa shape index (κ1) is 11.9. The maximum atomic E-state index is 6.30. The minimum atomic E-state index is -0.00731. The summed E-state index contributed by atoms with van der Waals surface area (Å²) in [5, 5.41) is 1.58. The Bertz CT molecular complexity index is 360. The standard InChI is InChI=1S/C12H16Cl2/c1-7-6-9(13)10(12(3,4)5)11(14)8(7)2/h6H,1-5H3. The maximum absolute atomic E-state index is 6.30. The average Bonchev–Trinajstić information content (AvgIpc) is 1.97. The van der Waals surface area contributed by atoms with Crippen LogP contribution in [0.15, 0.2) is 6.07 Å². The predicted molar refractivity (Wildman–Crippen MR) is 64.6 cm³/mol. The molecule has 0 unspecified atom stereocenters. The van der Waals surface area contributed by atoms with Crippen molar-refractivity contribution in [3.05, 3.63) is 32.8 Å². The smallest absolute Gasteiger partial charge is 0.0490 e. The highest BCUT2D eigenvalue weighted by Crippen LogP contribution is 2.38. The van der Waals surface area contributed by atoms with Gasteiger partial charge in [-0.3, -0.25) is 0 Å². The van der Waals surface area contributed by atoms with Crippen LogP contribution in [0.2, 0.25) is 10.0 Å². The number of benzene rings is 1. The normalized spacial score (nSPS) is 11.9. The van der Waals surface area contributed by atoms with Gasteiger partial charge in [0.05, 0.1) is 0 Å². The fraction of sp³-hybridized carbons (Fsp3) is 0.500. The Kier molecular flexibility index (Phi) is 3.18. The van der Waals surface area contributed by atoms with E-state index in [4.69, 9.17) is 23.2 Å². The second-order valence-corrected chi connectivity index (χ2v) is 5.52. The molecule has 0 nitrogen and oxygen atoms in total. The van der Waals surface area contributed by atoms with Crippen LogP contribution in [-0.2, 0) is 5.41 Å². The summed E-state index contributed by atoms with van der Waals surface area (Å²) >= 11 is 12.5. The first-order chi connectivity index (χ1) is 6.25. The monoisotopic (exact) mass is 230 g/mol. The highest BCUT2D eigenvalue weighted by molar-refractivity contribution is 6.36. The van der Waals surface area contributed by atoms with Gasteiger partial charge in [0.1, 0.15) is 0 Å². The molecule has 0 radical (unpaired) electrons. The van der Waals surface area contributed by atoms with E-state index in [2.05, 4.69) is 20.8 Å². The van der Waals surface area contributed by atoms with Crippen LogP contribution in [-0.4, -0.2) is 0 Å². The van der Waals surface area contributed by atoms with Gasteiger partial charge in [0.15, 0.2) is 0 Å². The van der Waals surface area contributed by atoms with Gasteiger partial charge in [-0.1, -0.05) is 44.0 Å². The van der Waals surface area contributed by atoms with E-state index in [1.54, 1.807) is 0 Å². The van der Waals surface area contributed by atoms with Gasteiger partial charge in [-0.2, -0.15) is 0 Å². The molecule has 1 rings (SSSR count). The van der Waals surface area contributed by atoms with Crippen molar-refractivity contribution >= 4 is 23.2 Å². The Balaban J connectivity index is 3.53. The third kappa shape index (κ3) is 2.07. The van der Waals surface area contributed by atoms with Crippen molar-refractivity contribution in [3.8, 4) is 0 Å². The summed E-state index contributed by atoms with van der Waals surface area (Å²) in [5.74, 6) is 0. The van der Waals surface area contributed by atoms with Gasteiger partial charge >= 0.3 is 0 Å². The number of hydrogen-bond donors (Lipinski definition) is 0. The van der Waals surface area contributed by atoms with E-state index in [0.29, 0.717) is 0 Å². The third-order valence-electron chi connectivity index (χ3n) is 2.47. The molecule has 78 valence electrons. The molecule has 1 aromatic rings. The van der Waals surface area contributed by atoms with Gasteiger partial charge in [-0.05, 0) is 42.0 Å². The van der Waals surface area contributed by atoms with Crippen molar-refractivity contribution in [2.75, 3.05) is 0 Å². The van der Waals surface area contributed by atoms with E-state index in [9.17, 15) is 0 Å². The molecule has 14 heavy (non-hydrogen) atoms. The predicted octanol–water partition coefficient (Wildman–Crippen LogP) is 4.91. The number of halogens is 2. The molecule has 0 saturated heterocycles. The van der Waals surface area contributed by atoms with Crippen molar-refractivity contribution in [1.82, 2.24) is 0 Å². The summed E-state index contributed by atoms with van der Waals surface area (Å²) in [6.45, 7) is 10.4. The number of rotatable bonds is 0. The van der Waals surface area contributed by atoms with Crippen molar-refractivity contribution in [2.24, 2.45) is 0 Å². The zero-order chi connectivity index (χ0) is 11.1. The quantitative estimate of drug-likeness (QED) is 0.595. The van der Waals surface area contributed by atoms with E-state index in [1.165, 1.54) is 0 Å². The van der Waals surface area contributed by atoms with Crippen LogP contribution in [0.4, 0.5) is 0 Å². The van der Waals surface area contributed by atoms with Gasteiger partial charge in [0, 0.05) is 10.0 Å². The largest absolute Gasteiger partial charge is 0.0840 e. The highest BCUT2D eigenvalue weighted by atomic mass is 35.5.